The second-order valence-electron chi connectivity index (χ2n) is 6.44. The number of carbonyl (C=O) groups excluding carboxylic acids is 4. The molecule has 3 amide bonds. The Morgan fingerprint density at radius 2 is 1.72 bits per heavy atom. The van der Waals surface area contributed by atoms with Crippen LogP contribution in [0.1, 0.15) is 26.3 Å². The molecule has 1 aliphatic heterocycles. The van der Waals surface area contributed by atoms with E-state index in [1.165, 1.54) is 12.1 Å². The number of benzene rings is 2. The van der Waals surface area contributed by atoms with Crippen LogP contribution in [-0.4, -0.2) is 46.7 Å². The van der Waals surface area contributed by atoms with Crippen LogP contribution in [0.2, 0.25) is 0 Å². The number of hydrogen-bond donors (Lipinski definition) is 1. The van der Waals surface area contributed by atoms with Crippen LogP contribution in [0.15, 0.2) is 42.5 Å². The summed E-state index contributed by atoms with van der Waals surface area (Å²) in [5.74, 6) is -4.01. The van der Waals surface area contributed by atoms with Gasteiger partial charge in [-0.25, -0.2) is 0 Å². The third-order valence-corrected chi connectivity index (χ3v) is 4.32. The Labute approximate surface area is 176 Å². The standard InChI is InChI=1S/C19H12F3N3O7/c20-19(21,22)10-4-6-11(7-5-10)23-14(26)9-32-15(27)8-24-17(28)12-2-1-3-13(25(30)31)16(12)18(24)29/h1-7H,8-9H2,(H,23,26). The van der Waals surface area contributed by atoms with Crippen molar-refractivity contribution in [1.29, 1.82) is 0 Å². The molecule has 0 atom stereocenters. The van der Waals surface area contributed by atoms with E-state index in [4.69, 9.17) is 0 Å². The molecule has 1 aliphatic rings. The number of anilines is 1. The zero-order valence-corrected chi connectivity index (χ0v) is 15.8. The maximum Gasteiger partial charge on any atom is 0.416 e. The van der Waals surface area contributed by atoms with Crippen molar-refractivity contribution in [3.8, 4) is 0 Å². The topological polar surface area (TPSA) is 136 Å². The van der Waals surface area contributed by atoms with E-state index in [9.17, 15) is 42.5 Å². The number of halogens is 3. The van der Waals surface area contributed by atoms with Crippen LogP contribution in [0, 0.1) is 10.1 Å². The summed E-state index contributed by atoms with van der Waals surface area (Å²) < 4.78 is 42.3. The van der Waals surface area contributed by atoms with Crippen LogP contribution in [-0.2, 0) is 20.5 Å². The summed E-state index contributed by atoms with van der Waals surface area (Å²) in [5, 5.41) is 13.3. The van der Waals surface area contributed by atoms with Gasteiger partial charge < -0.3 is 10.1 Å². The van der Waals surface area contributed by atoms with Gasteiger partial charge in [-0.1, -0.05) is 6.07 Å². The molecule has 0 aliphatic carbocycles. The molecule has 13 heteroatoms. The highest BCUT2D eigenvalue weighted by atomic mass is 19.4. The number of ether oxygens (including phenoxy) is 1. The molecule has 0 saturated heterocycles. The lowest BCUT2D eigenvalue weighted by Crippen LogP contribution is -2.36. The lowest BCUT2D eigenvalue weighted by Gasteiger charge is -2.13. The smallest absolute Gasteiger partial charge is 0.416 e. The number of esters is 1. The molecule has 166 valence electrons. The highest BCUT2D eigenvalue weighted by Crippen LogP contribution is 2.31. The first-order valence-electron chi connectivity index (χ1n) is 8.75. The Morgan fingerprint density at radius 1 is 1.06 bits per heavy atom. The number of hydrogen-bond acceptors (Lipinski definition) is 7. The predicted octanol–water partition coefficient (Wildman–Crippen LogP) is 2.39. The highest BCUT2D eigenvalue weighted by molar-refractivity contribution is 6.24. The minimum Gasteiger partial charge on any atom is -0.454 e. The van der Waals surface area contributed by atoms with Crippen molar-refractivity contribution >= 4 is 35.1 Å². The van der Waals surface area contributed by atoms with Gasteiger partial charge in [-0.2, -0.15) is 13.2 Å². The Kier molecular flexibility index (Phi) is 5.91. The Bertz CT molecular complexity index is 1130. The van der Waals surface area contributed by atoms with E-state index in [0.29, 0.717) is 4.90 Å². The van der Waals surface area contributed by atoms with Crippen LogP contribution in [0.4, 0.5) is 24.5 Å². The third-order valence-electron chi connectivity index (χ3n) is 4.32. The van der Waals surface area contributed by atoms with Gasteiger partial charge in [0.1, 0.15) is 12.1 Å². The maximum absolute atomic E-state index is 12.5. The lowest BCUT2D eigenvalue weighted by atomic mass is 10.1. The number of amides is 3. The number of fused-ring (bicyclic) bond motifs is 1. The summed E-state index contributed by atoms with van der Waals surface area (Å²) in [5.41, 5.74) is -2.17. The molecule has 0 fully saturated rings. The van der Waals surface area contributed by atoms with Crippen LogP contribution < -0.4 is 5.32 Å². The van der Waals surface area contributed by atoms with Crippen molar-refractivity contribution in [1.82, 2.24) is 4.90 Å². The number of nitro benzene ring substituents is 1. The summed E-state index contributed by atoms with van der Waals surface area (Å²) in [6, 6.07) is 6.98. The predicted molar refractivity (Wildman–Crippen MR) is 99.5 cm³/mol. The molecule has 0 bridgehead atoms. The molecule has 0 saturated carbocycles. The second-order valence-corrected chi connectivity index (χ2v) is 6.44. The summed E-state index contributed by atoms with van der Waals surface area (Å²) in [7, 11) is 0. The first-order chi connectivity index (χ1) is 15.0. The highest BCUT2D eigenvalue weighted by Gasteiger charge is 2.42. The van der Waals surface area contributed by atoms with Crippen LogP contribution in [0.5, 0.6) is 0 Å². The number of rotatable bonds is 6. The molecular weight excluding hydrogens is 439 g/mol. The molecule has 2 aromatic rings. The molecule has 10 nitrogen and oxygen atoms in total. The van der Waals surface area contributed by atoms with E-state index in [0.717, 1.165) is 30.3 Å². The minimum absolute atomic E-state index is 0.0201. The molecule has 0 unspecified atom stereocenters. The molecule has 2 aromatic carbocycles. The summed E-state index contributed by atoms with van der Waals surface area (Å²) in [4.78, 5) is 59.2. The van der Waals surface area contributed by atoms with E-state index in [-0.39, 0.29) is 11.3 Å². The molecule has 0 spiro atoms. The number of nitrogens with one attached hydrogen (secondary N) is 1. The van der Waals surface area contributed by atoms with Crippen molar-refractivity contribution < 1.29 is 42.0 Å². The zero-order valence-electron chi connectivity index (χ0n) is 15.8. The van der Waals surface area contributed by atoms with Crippen LogP contribution >= 0.6 is 0 Å². The largest absolute Gasteiger partial charge is 0.454 e. The van der Waals surface area contributed by atoms with Gasteiger partial charge in [0.15, 0.2) is 6.61 Å². The van der Waals surface area contributed by atoms with Crippen LogP contribution in [0.3, 0.4) is 0 Å². The molecule has 0 radical (unpaired) electrons. The Morgan fingerprint density at radius 3 is 2.31 bits per heavy atom. The number of imide groups is 1. The van der Waals surface area contributed by atoms with Gasteiger partial charge >= 0.3 is 12.1 Å². The summed E-state index contributed by atoms with van der Waals surface area (Å²) >= 11 is 0. The summed E-state index contributed by atoms with van der Waals surface area (Å²) in [6.07, 6.45) is -4.54. The van der Waals surface area contributed by atoms with Crippen molar-refractivity contribution in [3.05, 3.63) is 69.3 Å². The SMILES string of the molecule is O=C(COC(=O)CN1C(=O)c2cccc([N+](=O)[O-])c2C1=O)Nc1ccc(C(F)(F)F)cc1. The number of nitro groups is 1. The Hall–Kier alpha value is -4.29. The van der Waals surface area contributed by atoms with Gasteiger partial charge in [-0.3, -0.25) is 34.2 Å². The van der Waals surface area contributed by atoms with Gasteiger partial charge in [0.05, 0.1) is 16.1 Å². The van der Waals surface area contributed by atoms with Gasteiger partial charge in [0, 0.05) is 11.8 Å². The normalized spacial score (nSPS) is 13.0. The average molecular weight is 451 g/mol. The first-order valence-corrected chi connectivity index (χ1v) is 8.75. The van der Waals surface area contributed by atoms with E-state index >= 15 is 0 Å². The minimum atomic E-state index is -4.54. The number of alkyl halides is 3. The molecule has 1 heterocycles. The molecule has 3 rings (SSSR count). The molecule has 32 heavy (non-hydrogen) atoms. The van der Waals surface area contributed by atoms with Gasteiger partial charge in [0.25, 0.3) is 23.4 Å². The maximum atomic E-state index is 12.5. The quantitative estimate of drug-likeness (QED) is 0.308. The average Bonchev–Trinajstić information content (AvgIpc) is 2.97. The van der Waals surface area contributed by atoms with E-state index in [2.05, 4.69) is 10.1 Å². The Balaban J connectivity index is 1.56. The zero-order chi connectivity index (χ0) is 23.6. The monoisotopic (exact) mass is 451 g/mol. The fourth-order valence-corrected chi connectivity index (χ4v) is 2.87. The van der Waals surface area contributed by atoms with Crippen molar-refractivity contribution in [2.75, 3.05) is 18.5 Å². The fraction of sp³-hybridized carbons (Fsp3) is 0.158. The number of carbonyl (C=O) groups is 4. The van der Waals surface area contributed by atoms with Gasteiger partial charge in [0.2, 0.25) is 0 Å². The van der Waals surface area contributed by atoms with Crippen molar-refractivity contribution in [2.45, 2.75) is 6.18 Å². The molecule has 0 aromatic heterocycles. The van der Waals surface area contributed by atoms with Crippen LogP contribution in [0.25, 0.3) is 0 Å². The third kappa shape index (κ3) is 4.55. The second kappa shape index (κ2) is 8.45. The van der Waals surface area contributed by atoms with Gasteiger partial charge in [-0.05, 0) is 30.3 Å². The van der Waals surface area contributed by atoms with Crippen molar-refractivity contribution in [3.63, 3.8) is 0 Å². The van der Waals surface area contributed by atoms with Crippen molar-refractivity contribution in [2.24, 2.45) is 0 Å². The summed E-state index contributed by atoms with van der Waals surface area (Å²) in [6.45, 7) is -1.74. The number of nitrogens with zero attached hydrogens (tertiary/aromatic N) is 2. The first kappa shape index (κ1) is 22.4. The van der Waals surface area contributed by atoms with E-state index < -0.39 is 64.8 Å². The van der Waals surface area contributed by atoms with E-state index in [1.54, 1.807) is 0 Å². The lowest BCUT2D eigenvalue weighted by molar-refractivity contribution is -0.385. The molecule has 1 N–H and O–H groups in total. The molecular formula is C19H12F3N3O7. The fourth-order valence-electron chi connectivity index (χ4n) is 2.87. The van der Waals surface area contributed by atoms with Gasteiger partial charge in [-0.15, -0.1) is 0 Å². The van der Waals surface area contributed by atoms with E-state index in [1.807, 2.05) is 0 Å².